The van der Waals surface area contributed by atoms with E-state index < -0.39 is 0 Å². The van der Waals surface area contributed by atoms with Crippen molar-refractivity contribution in [1.82, 2.24) is 0 Å². The van der Waals surface area contributed by atoms with Gasteiger partial charge in [-0.3, -0.25) is 0 Å². The zero-order chi connectivity index (χ0) is 27.6. The number of aryl methyl sites for hydroxylation is 2. The van der Waals surface area contributed by atoms with E-state index in [0.717, 1.165) is 0 Å². The third-order valence-corrected chi connectivity index (χ3v) is 6.29. The van der Waals surface area contributed by atoms with Gasteiger partial charge in [0.05, 0.1) is 0 Å². The van der Waals surface area contributed by atoms with E-state index >= 15 is 0 Å². The van der Waals surface area contributed by atoms with Crippen LogP contribution in [0.15, 0.2) is 140 Å². The number of hydrogen-bond acceptors (Lipinski definition) is 0. The first-order chi connectivity index (χ1) is 18.9. The van der Waals surface area contributed by atoms with Crippen LogP contribution in [0, 0.1) is 13.8 Å². The molecule has 210 valence electrons. The van der Waals surface area contributed by atoms with E-state index in [9.17, 15) is 0 Å². The van der Waals surface area contributed by atoms with Gasteiger partial charge in [-0.1, -0.05) is 67.9 Å². The molecule has 41 heavy (non-hydrogen) atoms. The van der Waals surface area contributed by atoms with Crippen molar-refractivity contribution >= 4 is 60.3 Å². The van der Waals surface area contributed by atoms with Crippen molar-refractivity contribution in [2.24, 2.45) is 0 Å². The summed E-state index contributed by atoms with van der Waals surface area (Å²) in [4.78, 5) is 0. The molecular formula is C38H37Cl2Zr-3. The van der Waals surface area contributed by atoms with Crippen LogP contribution in [0.1, 0.15) is 25.0 Å². The Morgan fingerprint density at radius 3 is 1.54 bits per heavy atom. The van der Waals surface area contributed by atoms with E-state index in [-0.39, 0.29) is 24.8 Å². The van der Waals surface area contributed by atoms with Gasteiger partial charge in [0.1, 0.15) is 0 Å². The minimum atomic E-state index is 0. The molecule has 7 aromatic rings. The Balaban J connectivity index is 0.000000202. The van der Waals surface area contributed by atoms with Crippen molar-refractivity contribution in [1.29, 1.82) is 0 Å². The molecule has 0 aliphatic carbocycles. The van der Waals surface area contributed by atoms with Gasteiger partial charge in [0.15, 0.2) is 0 Å². The van der Waals surface area contributed by atoms with Crippen molar-refractivity contribution in [2.75, 3.05) is 0 Å². The monoisotopic (exact) mass is 653 g/mol. The van der Waals surface area contributed by atoms with Crippen LogP contribution in [0.4, 0.5) is 0 Å². The van der Waals surface area contributed by atoms with E-state index in [0.29, 0.717) is 0 Å². The Bertz CT molecular complexity index is 1620. The second-order valence-electron chi connectivity index (χ2n) is 10.0. The number of benzene rings is 4. The number of rotatable bonds is 1. The molecule has 0 unspecified atom stereocenters. The molecular weight excluding hydrogens is 619 g/mol. The molecule has 0 bridgehead atoms. The molecule has 0 aliphatic rings. The summed E-state index contributed by atoms with van der Waals surface area (Å²) in [5.74, 6) is 0. The smallest absolute Gasteiger partial charge is 0.0279 e. The maximum atomic E-state index is 2.20. The van der Waals surface area contributed by atoms with Crippen LogP contribution in [-0.2, 0) is 24.2 Å². The standard InChI is InChI=1S/C15H11.2C10H9.C3H6.2ClH.Zr/c1-2-6-12(7-3-1)14-10-4-8-13-9-5-11-15(13)14;2*1-8-6-9-4-2-3-5-10(9)7-8;1-3-2;;;/h1-11H;2*2-7H,1H3;1-2H3;2*1H;/q3*-1;;;;. The third kappa shape index (κ3) is 10.1. The van der Waals surface area contributed by atoms with Crippen LogP contribution in [-0.4, -0.2) is 3.21 Å². The van der Waals surface area contributed by atoms with Crippen LogP contribution in [0.3, 0.4) is 0 Å². The maximum Gasteiger partial charge on any atom is -0.0279 e. The molecule has 7 rings (SSSR count). The molecule has 0 radical (unpaired) electrons. The van der Waals surface area contributed by atoms with E-state index in [1.807, 2.05) is 0 Å². The van der Waals surface area contributed by atoms with E-state index in [4.69, 9.17) is 0 Å². The van der Waals surface area contributed by atoms with Crippen LogP contribution in [0.2, 0.25) is 0 Å². The minimum Gasteiger partial charge on any atom is -0.168 e. The SMILES string of the molecule is C[C](C)=[Zr].Cc1cc2ccccc2[cH-]1.Cc1cc2ccccc2[cH-]1.Cl.Cl.c1ccc(-c2cccc3[cH-]ccc23)cc1. The fourth-order valence-electron chi connectivity index (χ4n) is 4.64. The van der Waals surface area contributed by atoms with Gasteiger partial charge in [-0.25, -0.2) is 0 Å². The Morgan fingerprint density at radius 1 is 0.561 bits per heavy atom. The summed E-state index contributed by atoms with van der Waals surface area (Å²) in [7, 11) is 0. The van der Waals surface area contributed by atoms with Gasteiger partial charge >= 0.3 is 41.3 Å². The number of hydrogen-bond donors (Lipinski definition) is 0. The number of halogens is 2. The summed E-state index contributed by atoms with van der Waals surface area (Å²) < 4.78 is 1.51. The summed E-state index contributed by atoms with van der Waals surface area (Å²) in [6, 6.07) is 49.1. The first-order valence-corrected chi connectivity index (χ1v) is 14.6. The molecule has 0 nitrogen and oxygen atoms in total. The average Bonchev–Trinajstić information content (AvgIpc) is 3.65. The van der Waals surface area contributed by atoms with Crippen LogP contribution in [0.25, 0.3) is 43.4 Å². The molecule has 0 atom stereocenters. The normalized spacial score (nSPS) is 9.63. The second kappa shape index (κ2) is 17.1. The topological polar surface area (TPSA) is 0 Å². The summed E-state index contributed by atoms with van der Waals surface area (Å²) in [5, 5.41) is 8.04. The Kier molecular flexibility index (Phi) is 14.3. The quantitative estimate of drug-likeness (QED) is 0.154. The van der Waals surface area contributed by atoms with E-state index in [1.54, 1.807) is 24.2 Å². The average molecular weight is 656 g/mol. The van der Waals surface area contributed by atoms with Gasteiger partial charge in [0, 0.05) is 0 Å². The van der Waals surface area contributed by atoms with E-state index in [2.05, 4.69) is 167 Å². The van der Waals surface area contributed by atoms with Crippen molar-refractivity contribution in [3.8, 4) is 11.1 Å². The van der Waals surface area contributed by atoms with Crippen molar-refractivity contribution in [3.63, 3.8) is 0 Å². The third-order valence-electron chi connectivity index (χ3n) is 6.29. The minimum absolute atomic E-state index is 0. The zero-order valence-corrected chi connectivity index (χ0v) is 28.2. The number of fused-ring (bicyclic) bond motifs is 3. The summed E-state index contributed by atoms with van der Waals surface area (Å²) >= 11 is 1.55. The molecule has 0 aliphatic heterocycles. The molecule has 0 fully saturated rings. The van der Waals surface area contributed by atoms with Crippen molar-refractivity contribution in [2.45, 2.75) is 27.7 Å². The molecule has 0 heterocycles. The fourth-order valence-corrected chi connectivity index (χ4v) is 4.64. The first kappa shape index (κ1) is 34.2. The molecule has 3 heteroatoms. The Labute approximate surface area is 272 Å². The van der Waals surface area contributed by atoms with Gasteiger partial charge in [0.25, 0.3) is 0 Å². The predicted molar refractivity (Wildman–Crippen MR) is 184 cm³/mol. The van der Waals surface area contributed by atoms with Gasteiger partial charge in [0.2, 0.25) is 0 Å². The first-order valence-electron chi connectivity index (χ1n) is 13.4. The Morgan fingerprint density at radius 2 is 1.02 bits per heavy atom. The van der Waals surface area contributed by atoms with Gasteiger partial charge in [-0.05, 0) is 5.56 Å². The second-order valence-corrected chi connectivity index (χ2v) is 12.5. The summed E-state index contributed by atoms with van der Waals surface area (Å²) in [6.45, 7) is 8.50. The van der Waals surface area contributed by atoms with Crippen LogP contribution in [0.5, 0.6) is 0 Å². The van der Waals surface area contributed by atoms with Gasteiger partial charge in [-0.15, -0.1) is 135 Å². The predicted octanol–water partition coefficient (Wildman–Crippen LogP) is 11.5. The maximum absolute atomic E-state index is 2.20. The summed E-state index contributed by atoms with van der Waals surface area (Å²) in [5.41, 5.74) is 5.30. The fraction of sp³-hybridized carbons (Fsp3) is 0.105. The van der Waals surface area contributed by atoms with Crippen LogP contribution >= 0.6 is 24.8 Å². The molecule has 0 amide bonds. The Hall–Kier alpha value is -2.96. The molecule has 7 aromatic carbocycles. The largest absolute Gasteiger partial charge is 0.168 e. The molecule has 0 saturated heterocycles. The van der Waals surface area contributed by atoms with Gasteiger partial charge in [-0.2, -0.15) is 24.3 Å². The van der Waals surface area contributed by atoms with E-state index in [1.165, 1.54) is 57.8 Å². The molecule has 0 aromatic heterocycles. The summed E-state index contributed by atoms with van der Waals surface area (Å²) in [6.07, 6.45) is 0. The van der Waals surface area contributed by atoms with Crippen molar-refractivity contribution in [3.05, 3.63) is 151 Å². The van der Waals surface area contributed by atoms with Crippen molar-refractivity contribution < 1.29 is 24.2 Å². The van der Waals surface area contributed by atoms with Gasteiger partial charge < -0.3 is 0 Å². The van der Waals surface area contributed by atoms with Crippen LogP contribution < -0.4 is 0 Å². The molecule has 0 spiro atoms. The molecule has 0 N–H and O–H groups in total. The molecule has 0 saturated carbocycles. The zero-order valence-electron chi connectivity index (χ0n) is 24.1.